The molecule has 8 nitrogen and oxygen atoms in total. The summed E-state index contributed by atoms with van der Waals surface area (Å²) in [6, 6.07) is -0.0348. The second-order valence-corrected chi connectivity index (χ2v) is 12.1. The minimum absolute atomic E-state index is 0.0234. The summed E-state index contributed by atoms with van der Waals surface area (Å²) >= 11 is 0. The second kappa shape index (κ2) is 7.72. The van der Waals surface area contributed by atoms with Gasteiger partial charge in [0.2, 0.25) is 15.9 Å². The highest BCUT2D eigenvalue weighted by molar-refractivity contribution is 7.88. The van der Waals surface area contributed by atoms with Gasteiger partial charge >= 0.3 is 6.09 Å². The minimum Gasteiger partial charge on any atom is -0.444 e. The third kappa shape index (κ3) is 5.05. The third-order valence-corrected chi connectivity index (χ3v) is 7.83. The first kappa shape index (κ1) is 22.3. The van der Waals surface area contributed by atoms with Gasteiger partial charge in [0.05, 0.1) is 6.26 Å². The Morgan fingerprint density at radius 3 is 2.10 bits per heavy atom. The molecule has 0 radical (unpaired) electrons. The highest BCUT2D eigenvalue weighted by atomic mass is 32.2. The number of carbonyl (C=O) groups is 2. The molecule has 29 heavy (non-hydrogen) atoms. The third-order valence-electron chi connectivity index (χ3n) is 6.52. The van der Waals surface area contributed by atoms with Crippen molar-refractivity contribution >= 4 is 22.0 Å². The fourth-order valence-electron chi connectivity index (χ4n) is 4.87. The van der Waals surface area contributed by atoms with Gasteiger partial charge < -0.3 is 14.5 Å². The molecule has 2 amide bonds. The number of piperazine rings is 1. The van der Waals surface area contributed by atoms with Crippen molar-refractivity contribution in [2.24, 2.45) is 11.3 Å². The Balaban J connectivity index is 1.49. The standard InChI is InChI=1S/C20H35N3O5S/c1-15-14-21(18(25)28-19(2,3)4)10-11-23(15)17(24)16-12-20(13-16)6-8-22(9-7-20)29(5,26)27/h15-16H,6-14H2,1-5H3. The van der Waals surface area contributed by atoms with Gasteiger partial charge in [0.1, 0.15) is 5.60 Å². The number of piperidine rings is 1. The lowest BCUT2D eigenvalue weighted by Crippen LogP contribution is -2.59. The van der Waals surface area contributed by atoms with E-state index in [1.165, 1.54) is 6.26 Å². The van der Waals surface area contributed by atoms with E-state index in [1.54, 1.807) is 9.21 Å². The average molecular weight is 430 g/mol. The number of hydrogen-bond acceptors (Lipinski definition) is 5. The molecule has 1 atom stereocenters. The monoisotopic (exact) mass is 429 g/mol. The molecule has 3 fully saturated rings. The van der Waals surface area contributed by atoms with Crippen molar-refractivity contribution in [3.63, 3.8) is 0 Å². The van der Waals surface area contributed by atoms with Crippen LogP contribution < -0.4 is 0 Å². The van der Waals surface area contributed by atoms with Gasteiger partial charge in [-0.15, -0.1) is 0 Å². The summed E-state index contributed by atoms with van der Waals surface area (Å²) in [4.78, 5) is 28.9. The van der Waals surface area contributed by atoms with Crippen LogP contribution in [0.4, 0.5) is 4.79 Å². The van der Waals surface area contributed by atoms with Crippen molar-refractivity contribution < 1.29 is 22.7 Å². The first-order valence-corrected chi connectivity index (χ1v) is 12.4. The fourth-order valence-corrected chi connectivity index (χ4v) is 5.72. The molecule has 3 aliphatic rings. The van der Waals surface area contributed by atoms with E-state index in [0.717, 1.165) is 25.7 Å². The van der Waals surface area contributed by atoms with Crippen LogP contribution in [-0.2, 0) is 19.6 Å². The normalized spacial score (nSPS) is 26.3. The summed E-state index contributed by atoms with van der Waals surface area (Å²) in [6.07, 6.45) is 4.32. The molecule has 1 aliphatic carbocycles. The van der Waals surface area contributed by atoms with E-state index in [9.17, 15) is 18.0 Å². The fraction of sp³-hybridized carbons (Fsp3) is 0.900. The highest BCUT2D eigenvalue weighted by Crippen LogP contribution is 2.53. The van der Waals surface area contributed by atoms with Crippen LogP contribution in [0, 0.1) is 11.3 Å². The number of carbonyl (C=O) groups excluding carboxylic acids is 2. The van der Waals surface area contributed by atoms with Crippen molar-refractivity contribution in [3.8, 4) is 0 Å². The second-order valence-electron chi connectivity index (χ2n) is 10.1. The number of nitrogens with zero attached hydrogens (tertiary/aromatic N) is 3. The molecular weight excluding hydrogens is 394 g/mol. The summed E-state index contributed by atoms with van der Waals surface area (Å²) in [5.41, 5.74) is -0.400. The maximum Gasteiger partial charge on any atom is 0.410 e. The molecule has 1 saturated carbocycles. The number of hydrogen-bond donors (Lipinski definition) is 0. The van der Waals surface area contributed by atoms with Crippen molar-refractivity contribution in [3.05, 3.63) is 0 Å². The number of ether oxygens (including phenoxy) is 1. The van der Waals surface area contributed by atoms with Crippen LogP contribution in [0.2, 0.25) is 0 Å². The Kier molecular flexibility index (Phi) is 5.95. The van der Waals surface area contributed by atoms with Gasteiger partial charge in [-0.1, -0.05) is 0 Å². The lowest BCUT2D eigenvalue weighted by molar-refractivity contribution is -0.149. The Bertz CT molecular complexity index is 745. The summed E-state index contributed by atoms with van der Waals surface area (Å²) < 4.78 is 30.4. The van der Waals surface area contributed by atoms with Crippen LogP contribution in [0.5, 0.6) is 0 Å². The Hall–Kier alpha value is -1.35. The number of rotatable bonds is 2. The first-order chi connectivity index (χ1) is 13.3. The molecule has 0 aromatic rings. The van der Waals surface area contributed by atoms with Gasteiger partial charge in [0, 0.05) is 44.7 Å². The van der Waals surface area contributed by atoms with Gasteiger partial charge in [-0.25, -0.2) is 17.5 Å². The van der Waals surface area contributed by atoms with Crippen LogP contribution in [0.3, 0.4) is 0 Å². The Morgan fingerprint density at radius 1 is 1.03 bits per heavy atom. The Morgan fingerprint density at radius 2 is 1.62 bits per heavy atom. The zero-order valence-corrected chi connectivity index (χ0v) is 19.1. The van der Waals surface area contributed by atoms with Crippen LogP contribution in [0.25, 0.3) is 0 Å². The van der Waals surface area contributed by atoms with Gasteiger partial charge in [0.15, 0.2) is 0 Å². The largest absolute Gasteiger partial charge is 0.444 e. The van der Waals surface area contributed by atoms with E-state index in [1.807, 2.05) is 32.6 Å². The molecule has 9 heteroatoms. The summed E-state index contributed by atoms with van der Waals surface area (Å²) in [6.45, 7) is 10.2. The molecule has 3 rings (SSSR count). The number of sulfonamides is 1. The molecule has 1 unspecified atom stereocenters. The smallest absolute Gasteiger partial charge is 0.410 e. The molecule has 0 aromatic heterocycles. The van der Waals surface area contributed by atoms with Crippen molar-refractivity contribution in [1.29, 1.82) is 0 Å². The van der Waals surface area contributed by atoms with Gasteiger partial charge in [-0.3, -0.25) is 4.79 Å². The average Bonchev–Trinajstić information content (AvgIpc) is 2.56. The van der Waals surface area contributed by atoms with E-state index in [-0.39, 0.29) is 29.4 Å². The lowest BCUT2D eigenvalue weighted by Gasteiger charge is -2.53. The van der Waals surface area contributed by atoms with Gasteiger partial charge in [-0.2, -0.15) is 0 Å². The van der Waals surface area contributed by atoms with Crippen LogP contribution in [0.15, 0.2) is 0 Å². The zero-order chi connectivity index (χ0) is 21.6. The van der Waals surface area contributed by atoms with Crippen LogP contribution in [-0.4, -0.2) is 85.1 Å². The molecule has 2 heterocycles. The quantitative estimate of drug-likeness (QED) is 0.669. The van der Waals surface area contributed by atoms with E-state index >= 15 is 0 Å². The van der Waals surface area contributed by atoms with Crippen molar-refractivity contribution in [2.75, 3.05) is 39.0 Å². The van der Waals surface area contributed by atoms with E-state index in [4.69, 9.17) is 4.74 Å². The molecule has 0 bridgehead atoms. The Labute approximate surface area is 174 Å². The van der Waals surface area contributed by atoms with Gasteiger partial charge in [0.25, 0.3) is 0 Å². The summed E-state index contributed by atoms with van der Waals surface area (Å²) in [5, 5.41) is 0. The molecule has 0 aromatic carbocycles. The van der Waals surface area contributed by atoms with Crippen LogP contribution in [0.1, 0.15) is 53.4 Å². The van der Waals surface area contributed by atoms with E-state index < -0.39 is 15.6 Å². The maximum absolute atomic E-state index is 13.0. The minimum atomic E-state index is -3.12. The summed E-state index contributed by atoms with van der Waals surface area (Å²) in [5.74, 6) is 0.202. The molecule has 0 N–H and O–H groups in total. The topological polar surface area (TPSA) is 87.2 Å². The predicted octanol–water partition coefficient (Wildman–Crippen LogP) is 1.91. The maximum atomic E-state index is 13.0. The SMILES string of the molecule is CC1CN(C(=O)OC(C)(C)C)CCN1C(=O)C1CC2(CCN(S(C)(=O)=O)CC2)C1. The van der Waals surface area contributed by atoms with Crippen molar-refractivity contribution in [2.45, 2.75) is 65.0 Å². The van der Waals surface area contributed by atoms with Crippen LogP contribution >= 0.6 is 0 Å². The highest BCUT2D eigenvalue weighted by Gasteiger charge is 2.50. The molecule has 166 valence electrons. The first-order valence-electron chi connectivity index (χ1n) is 10.5. The predicted molar refractivity (Wildman–Crippen MR) is 110 cm³/mol. The van der Waals surface area contributed by atoms with Crippen molar-refractivity contribution in [1.82, 2.24) is 14.1 Å². The number of amides is 2. The lowest BCUT2D eigenvalue weighted by atomic mass is 9.57. The zero-order valence-electron chi connectivity index (χ0n) is 18.3. The molecule has 2 saturated heterocycles. The summed E-state index contributed by atoms with van der Waals surface area (Å²) in [7, 11) is -3.12. The molecular formula is C20H35N3O5S. The van der Waals surface area contributed by atoms with Gasteiger partial charge in [-0.05, 0) is 58.8 Å². The van der Waals surface area contributed by atoms with E-state index in [0.29, 0.717) is 32.7 Å². The molecule has 2 aliphatic heterocycles. The molecule has 1 spiro atoms. The van der Waals surface area contributed by atoms with E-state index in [2.05, 4.69) is 0 Å².